The molecule has 0 fully saturated rings. The fourth-order valence-electron chi connectivity index (χ4n) is 2.82. The predicted molar refractivity (Wildman–Crippen MR) is 97.4 cm³/mol. The van der Waals surface area contributed by atoms with Crippen molar-refractivity contribution in [1.29, 1.82) is 0 Å². The number of imide groups is 1. The molecule has 2 N–H and O–H groups in total. The lowest BCUT2D eigenvalue weighted by Gasteiger charge is -2.13. The Hall–Kier alpha value is -3.23. The number of nitrogens with one attached hydrogen (secondary N) is 2. The number of ether oxygens (including phenoxy) is 1. The Kier molecular flexibility index (Phi) is 6.50. The summed E-state index contributed by atoms with van der Waals surface area (Å²) < 4.78 is 6.90. The second-order valence-electron chi connectivity index (χ2n) is 6.20. The third-order valence-corrected chi connectivity index (χ3v) is 4.17. The Bertz CT molecular complexity index is 803. The summed E-state index contributed by atoms with van der Waals surface area (Å²) in [6.07, 6.45) is 9.19. The molecule has 9 heteroatoms. The van der Waals surface area contributed by atoms with Crippen molar-refractivity contribution >= 4 is 11.9 Å². The zero-order valence-corrected chi connectivity index (χ0v) is 14.9. The molecule has 0 saturated heterocycles. The first-order valence-electron chi connectivity index (χ1n) is 8.92. The van der Waals surface area contributed by atoms with E-state index in [1.807, 2.05) is 0 Å². The number of carbonyl (C=O) groups excluding carboxylic acids is 2. The van der Waals surface area contributed by atoms with Crippen molar-refractivity contribution in [2.75, 3.05) is 13.2 Å². The minimum absolute atomic E-state index is 0.266. The second kappa shape index (κ2) is 9.46. The fraction of sp³-hybridized carbons (Fsp3) is 0.389. The highest BCUT2D eigenvalue weighted by molar-refractivity contribution is 5.94. The van der Waals surface area contributed by atoms with Crippen LogP contribution in [0, 0.1) is 0 Å². The predicted octanol–water partition coefficient (Wildman–Crippen LogP) is 1.76. The molecule has 3 rings (SSSR count). The van der Waals surface area contributed by atoms with E-state index in [4.69, 9.17) is 4.74 Å². The third-order valence-electron chi connectivity index (χ3n) is 4.17. The number of amides is 3. The van der Waals surface area contributed by atoms with Crippen LogP contribution in [-0.4, -0.2) is 45.3 Å². The first kappa shape index (κ1) is 18.6. The summed E-state index contributed by atoms with van der Waals surface area (Å²) in [4.78, 5) is 23.6. The fourth-order valence-corrected chi connectivity index (χ4v) is 2.82. The minimum Gasteiger partial charge on any atom is -0.484 e. The Balaban J connectivity index is 1.38. The first-order chi connectivity index (χ1) is 13.2. The van der Waals surface area contributed by atoms with Gasteiger partial charge in [-0.3, -0.25) is 10.1 Å². The van der Waals surface area contributed by atoms with Crippen molar-refractivity contribution in [3.05, 3.63) is 42.2 Å². The van der Waals surface area contributed by atoms with Crippen LogP contribution in [0.1, 0.15) is 32.1 Å². The van der Waals surface area contributed by atoms with Gasteiger partial charge in [-0.1, -0.05) is 17.7 Å². The number of urea groups is 1. The van der Waals surface area contributed by atoms with Crippen LogP contribution in [0.25, 0.3) is 5.69 Å². The number of hydrogen-bond donors (Lipinski definition) is 2. The lowest BCUT2D eigenvalue weighted by atomic mass is 9.97. The second-order valence-corrected chi connectivity index (χ2v) is 6.20. The number of allylic oxidation sites excluding steroid dienone is 1. The standard InChI is InChI=1S/C18H22N6O3/c25-17(21-18(26)19-10-9-14-5-2-1-3-6-14)12-27-16-8-4-7-15(11-16)24-13-20-22-23-24/h4-5,7-8,11,13H,1-3,6,9-10,12H2,(H2,19,21,25,26). The van der Waals surface area contributed by atoms with E-state index in [0.29, 0.717) is 18.0 Å². The molecule has 0 radical (unpaired) electrons. The van der Waals surface area contributed by atoms with Gasteiger partial charge in [0.05, 0.1) is 5.69 Å². The Morgan fingerprint density at radius 2 is 2.19 bits per heavy atom. The van der Waals surface area contributed by atoms with Crippen LogP contribution in [0.2, 0.25) is 0 Å². The molecule has 27 heavy (non-hydrogen) atoms. The van der Waals surface area contributed by atoms with Gasteiger partial charge in [0.1, 0.15) is 12.1 Å². The van der Waals surface area contributed by atoms with Gasteiger partial charge in [0.2, 0.25) is 0 Å². The SMILES string of the molecule is O=C(COc1cccc(-n2cnnn2)c1)NC(=O)NCCC1=CCCCC1. The van der Waals surface area contributed by atoms with Gasteiger partial charge in [-0.15, -0.1) is 5.10 Å². The molecule has 1 heterocycles. The molecule has 0 unspecified atom stereocenters. The van der Waals surface area contributed by atoms with Crippen molar-refractivity contribution < 1.29 is 14.3 Å². The number of carbonyl (C=O) groups is 2. The molecule has 0 atom stereocenters. The molecular weight excluding hydrogens is 348 g/mol. The molecule has 3 amide bonds. The lowest BCUT2D eigenvalue weighted by molar-refractivity contribution is -0.122. The molecule has 0 spiro atoms. The average Bonchev–Trinajstić information content (AvgIpc) is 3.22. The van der Waals surface area contributed by atoms with Crippen LogP contribution in [0.5, 0.6) is 5.75 Å². The van der Waals surface area contributed by atoms with E-state index < -0.39 is 11.9 Å². The van der Waals surface area contributed by atoms with E-state index in [9.17, 15) is 9.59 Å². The summed E-state index contributed by atoms with van der Waals surface area (Å²) >= 11 is 0. The maximum absolute atomic E-state index is 11.9. The van der Waals surface area contributed by atoms with E-state index in [1.165, 1.54) is 29.4 Å². The first-order valence-corrected chi connectivity index (χ1v) is 8.92. The summed E-state index contributed by atoms with van der Waals surface area (Å²) in [6, 6.07) is 6.46. The van der Waals surface area contributed by atoms with Gasteiger partial charge in [-0.2, -0.15) is 0 Å². The van der Waals surface area contributed by atoms with Crippen molar-refractivity contribution in [3.8, 4) is 11.4 Å². The van der Waals surface area contributed by atoms with Gasteiger partial charge in [0.25, 0.3) is 5.91 Å². The highest BCUT2D eigenvalue weighted by Crippen LogP contribution is 2.19. The normalized spacial score (nSPS) is 13.6. The Morgan fingerprint density at radius 3 is 2.96 bits per heavy atom. The van der Waals surface area contributed by atoms with Crippen LogP contribution >= 0.6 is 0 Å². The van der Waals surface area contributed by atoms with E-state index in [2.05, 4.69) is 32.2 Å². The number of rotatable bonds is 7. The molecule has 9 nitrogen and oxygen atoms in total. The van der Waals surface area contributed by atoms with Crippen molar-refractivity contribution in [2.24, 2.45) is 0 Å². The van der Waals surface area contributed by atoms with E-state index in [-0.39, 0.29) is 6.61 Å². The lowest BCUT2D eigenvalue weighted by Crippen LogP contribution is -2.42. The highest BCUT2D eigenvalue weighted by atomic mass is 16.5. The maximum atomic E-state index is 11.9. The molecule has 1 aliphatic rings. The smallest absolute Gasteiger partial charge is 0.321 e. The number of hydrogen-bond acceptors (Lipinski definition) is 6. The van der Waals surface area contributed by atoms with Gasteiger partial charge in [0.15, 0.2) is 6.61 Å². The summed E-state index contributed by atoms with van der Waals surface area (Å²) in [7, 11) is 0. The van der Waals surface area contributed by atoms with Crippen LogP contribution in [-0.2, 0) is 4.79 Å². The zero-order valence-electron chi connectivity index (χ0n) is 14.9. The van der Waals surface area contributed by atoms with Gasteiger partial charge in [-0.05, 0) is 54.7 Å². The third kappa shape index (κ3) is 5.91. The van der Waals surface area contributed by atoms with Gasteiger partial charge >= 0.3 is 6.03 Å². The monoisotopic (exact) mass is 370 g/mol. The molecule has 0 aliphatic heterocycles. The van der Waals surface area contributed by atoms with Crippen molar-refractivity contribution in [2.45, 2.75) is 32.1 Å². The van der Waals surface area contributed by atoms with E-state index >= 15 is 0 Å². The number of benzene rings is 1. The summed E-state index contributed by atoms with van der Waals surface area (Å²) in [5.41, 5.74) is 2.08. The maximum Gasteiger partial charge on any atom is 0.321 e. The largest absolute Gasteiger partial charge is 0.484 e. The van der Waals surface area contributed by atoms with E-state index in [1.54, 1.807) is 24.3 Å². The summed E-state index contributed by atoms with van der Waals surface area (Å²) in [6.45, 7) is 0.247. The topological polar surface area (TPSA) is 111 Å². The summed E-state index contributed by atoms with van der Waals surface area (Å²) in [5.74, 6) is -0.0417. The van der Waals surface area contributed by atoms with Crippen LogP contribution in [0.4, 0.5) is 4.79 Å². The summed E-state index contributed by atoms with van der Waals surface area (Å²) in [5, 5.41) is 15.9. The zero-order chi connectivity index (χ0) is 18.9. The number of aromatic nitrogens is 4. The van der Waals surface area contributed by atoms with Crippen LogP contribution < -0.4 is 15.4 Å². The van der Waals surface area contributed by atoms with Gasteiger partial charge < -0.3 is 10.1 Å². The van der Waals surface area contributed by atoms with E-state index in [0.717, 1.165) is 19.3 Å². The quantitative estimate of drug-likeness (QED) is 0.719. The molecule has 0 bridgehead atoms. The molecular formula is C18H22N6O3. The molecule has 2 aromatic rings. The van der Waals surface area contributed by atoms with Crippen molar-refractivity contribution in [3.63, 3.8) is 0 Å². The van der Waals surface area contributed by atoms with Gasteiger partial charge in [-0.25, -0.2) is 9.48 Å². The average molecular weight is 370 g/mol. The van der Waals surface area contributed by atoms with Crippen LogP contribution in [0.15, 0.2) is 42.2 Å². The van der Waals surface area contributed by atoms with Gasteiger partial charge in [0, 0.05) is 12.6 Å². The molecule has 142 valence electrons. The molecule has 1 aliphatic carbocycles. The molecule has 1 aromatic carbocycles. The number of nitrogens with zero attached hydrogens (tertiary/aromatic N) is 4. The Labute approximate surface area is 156 Å². The molecule has 1 aromatic heterocycles. The molecule has 0 saturated carbocycles. The minimum atomic E-state index is -0.516. The van der Waals surface area contributed by atoms with Crippen molar-refractivity contribution in [1.82, 2.24) is 30.8 Å². The number of tetrazole rings is 1. The Morgan fingerprint density at radius 1 is 1.26 bits per heavy atom. The highest BCUT2D eigenvalue weighted by Gasteiger charge is 2.10. The van der Waals surface area contributed by atoms with Crippen LogP contribution in [0.3, 0.4) is 0 Å².